The Kier molecular flexibility index (Phi) is 5.44. The minimum atomic E-state index is -0.495. The highest BCUT2D eigenvalue weighted by Gasteiger charge is 2.36. The molecule has 7 rings (SSSR count). The van der Waals surface area contributed by atoms with Gasteiger partial charge in [-0.3, -0.25) is 19.9 Å². The molecule has 0 fully saturated rings. The molecule has 0 atom stereocenters. The molecular formula is C29H24N8O3. The Bertz CT molecular complexity index is 2000. The van der Waals surface area contributed by atoms with Gasteiger partial charge in [0.1, 0.15) is 11.4 Å². The van der Waals surface area contributed by atoms with E-state index in [0.717, 1.165) is 29.4 Å². The van der Waals surface area contributed by atoms with Gasteiger partial charge in [0.15, 0.2) is 5.65 Å². The molecule has 6 aromatic rings. The summed E-state index contributed by atoms with van der Waals surface area (Å²) in [4.78, 5) is 40.0. The van der Waals surface area contributed by atoms with E-state index in [1.165, 1.54) is 0 Å². The van der Waals surface area contributed by atoms with Gasteiger partial charge >= 0.3 is 0 Å². The van der Waals surface area contributed by atoms with E-state index in [2.05, 4.69) is 25.0 Å². The number of imidazole rings is 1. The Morgan fingerprint density at radius 1 is 0.975 bits per heavy atom. The van der Waals surface area contributed by atoms with E-state index in [0.29, 0.717) is 40.1 Å². The van der Waals surface area contributed by atoms with Gasteiger partial charge in [0.05, 0.1) is 35.6 Å². The number of methoxy groups -OCH3 is 1. The highest BCUT2D eigenvalue weighted by atomic mass is 16.5. The summed E-state index contributed by atoms with van der Waals surface area (Å²) < 4.78 is 11.3. The number of pyridine rings is 2. The van der Waals surface area contributed by atoms with Crippen molar-refractivity contribution in [3.63, 3.8) is 0 Å². The molecule has 0 spiro atoms. The highest BCUT2D eigenvalue weighted by molar-refractivity contribution is 6.50. The molecule has 0 aliphatic carbocycles. The van der Waals surface area contributed by atoms with E-state index in [1.54, 1.807) is 37.6 Å². The first kappa shape index (κ1) is 23.8. The summed E-state index contributed by atoms with van der Waals surface area (Å²) >= 11 is 0. The Labute approximate surface area is 227 Å². The van der Waals surface area contributed by atoms with Gasteiger partial charge in [-0.05, 0) is 42.8 Å². The van der Waals surface area contributed by atoms with Crippen LogP contribution < -0.4 is 10.1 Å². The number of imide groups is 1. The van der Waals surface area contributed by atoms with Gasteiger partial charge in [-0.1, -0.05) is 0 Å². The summed E-state index contributed by atoms with van der Waals surface area (Å²) in [5.41, 5.74) is 4.44. The third-order valence-corrected chi connectivity index (χ3v) is 7.28. The van der Waals surface area contributed by atoms with Crippen LogP contribution in [-0.2, 0) is 29.7 Å². The molecule has 40 heavy (non-hydrogen) atoms. The lowest BCUT2D eigenvalue weighted by atomic mass is 9.97. The smallest absolute Gasteiger partial charge is 0.261 e. The normalized spacial score (nSPS) is 13.8. The second-order valence-electron chi connectivity index (χ2n) is 9.68. The van der Waals surface area contributed by atoms with Crippen molar-refractivity contribution in [3.8, 4) is 5.75 Å². The van der Waals surface area contributed by atoms with Crippen molar-refractivity contribution in [3.05, 3.63) is 78.8 Å². The van der Waals surface area contributed by atoms with E-state index in [-0.39, 0.29) is 11.1 Å². The zero-order valence-corrected chi connectivity index (χ0v) is 21.8. The van der Waals surface area contributed by atoms with Crippen LogP contribution in [0.5, 0.6) is 5.75 Å². The average molecular weight is 533 g/mol. The van der Waals surface area contributed by atoms with Crippen molar-refractivity contribution in [1.29, 1.82) is 0 Å². The molecule has 0 unspecified atom stereocenters. The van der Waals surface area contributed by atoms with Crippen molar-refractivity contribution in [2.75, 3.05) is 7.11 Å². The maximum absolute atomic E-state index is 13.4. The second-order valence-corrected chi connectivity index (χ2v) is 9.68. The van der Waals surface area contributed by atoms with Gasteiger partial charge in [-0.15, -0.1) is 0 Å². The molecule has 1 aliphatic heterocycles. The summed E-state index contributed by atoms with van der Waals surface area (Å²) in [7, 11) is 3.37. The number of carbonyl (C=O) groups excluding carboxylic acids is 2. The lowest BCUT2D eigenvalue weighted by molar-refractivity contribution is -0.122. The van der Waals surface area contributed by atoms with Crippen LogP contribution in [0.4, 0.5) is 0 Å². The molecule has 11 nitrogen and oxygen atoms in total. The fraction of sp³-hybridized carbons (Fsp3) is 0.172. The molecule has 0 bridgehead atoms. The van der Waals surface area contributed by atoms with Gasteiger partial charge in [-0.25, -0.2) is 14.6 Å². The number of nitrogens with one attached hydrogen (secondary N) is 1. The van der Waals surface area contributed by atoms with Gasteiger partial charge in [0.2, 0.25) is 0 Å². The number of aryl methyl sites for hydroxylation is 3. The molecular weight excluding hydrogens is 508 g/mol. The summed E-state index contributed by atoms with van der Waals surface area (Å²) in [6.45, 7) is 1.50. The monoisotopic (exact) mass is 532 g/mol. The highest BCUT2D eigenvalue weighted by Crippen LogP contribution is 2.39. The number of amides is 2. The van der Waals surface area contributed by atoms with Crippen LogP contribution in [0.15, 0.2) is 67.5 Å². The van der Waals surface area contributed by atoms with E-state index in [4.69, 9.17) is 9.72 Å². The Hall–Kier alpha value is -5.32. The summed E-state index contributed by atoms with van der Waals surface area (Å²) in [5, 5.41) is 8.63. The number of hydrogen-bond donors (Lipinski definition) is 1. The fourth-order valence-corrected chi connectivity index (χ4v) is 5.42. The number of carbonyl (C=O) groups is 2. The number of rotatable bonds is 7. The van der Waals surface area contributed by atoms with E-state index >= 15 is 0 Å². The Balaban J connectivity index is 1.42. The lowest BCUT2D eigenvalue weighted by Gasteiger charge is -2.06. The van der Waals surface area contributed by atoms with Crippen LogP contribution in [0.25, 0.3) is 44.1 Å². The summed E-state index contributed by atoms with van der Waals surface area (Å²) in [6, 6.07) is 11.3. The van der Waals surface area contributed by atoms with Crippen LogP contribution in [0.2, 0.25) is 0 Å². The van der Waals surface area contributed by atoms with Crippen molar-refractivity contribution >= 4 is 55.9 Å². The first-order valence-electron chi connectivity index (χ1n) is 12.8. The molecule has 1 N–H and O–H groups in total. The number of aromatic nitrogens is 7. The summed E-state index contributed by atoms with van der Waals surface area (Å²) in [6.07, 6.45) is 9.96. The summed E-state index contributed by atoms with van der Waals surface area (Å²) in [5.74, 6) is -0.308. The average Bonchev–Trinajstić information content (AvgIpc) is 3.73. The topological polar surface area (TPSA) is 122 Å². The van der Waals surface area contributed by atoms with Crippen LogP contribution in [0, 0.1) is 0 Å². The molecule has 0 saturated carbocycles. The van der Waals surface area contributed by atoms with Crippen LogP contribution in [0.3, 0.4) is 0 Å². The molecule has 5 aromatic heterocycles. The van der Waals surface area contributed by atoms with Crippen LogP contribution in [-0.4, -0.2) is 52.8 Å². The number of hydrogen-bond acceptors (Lipinski definition) is 7. The Morgan fingerprint density at radius 3 is 2.67 bits per heavy atom. The zero-order valence-electron chi connectivity index (χ0n) is 21.8. The first-order valence-corrected chi connectivity index (χ1v) is 12.8. The first-order chi connectivity index (χ1) is 19.5. The number of benzene rings is 1. The predicted molar refractivity (Wildman–Crippen MR) is 149 cm³/mol. The molecule has 1 aromatic carbocycles. The van der Waals surface area contributed by atoms with Crippen molar-refractivity contribution in [2.45, 2.75) is 19.5 Å². The molecule has 6 heterocycles. The molecule has 11 heteroatoms. The zero-order chi connectivity index (χ0) is 27.4. The van der Waals surface area contributed by atoms with E-state index in [1.807, 2.05) is 53.4 Å². The number of nitrogens with zero attached hydrogens (tertiary/aromatic N) is 7. The third kappa shape index (κ3) is 3.74. The number of ether oxygens (including phenoxy) is 1. The van der Waals surface area contributed by atoms with Crippen molar-refractivity contribution in [1.82, 2.24) is 39.2 Å². The second kappa shape index (κ2) is 9.16. The van der Waals surface area contributed by atoms with E-state index in [9.17, 15) is 9.59 Å². The van der Waals surface area contributed by atoms with Crippen molar-refractivity contribution < 1.29 is 14.3 Å². The lowest BCUT2D eigenvalue weighted by Crippen LogP contribution is -2.22. The molecule has 0 radical (unpaired) electrons. The van der Waals surface area contributed by atoms with Gasteiger partial charge in [0.25, 0.3) is 11.8 Å². The predicted octanol–water partition coefficient (Wildman–Crippen LogP) is 3.33. The third-order valence-electron chi connectivity index (χ3n) is 7.28. The van der Waals surface area contributed by atoms with Gasteiger partial charge in [0, 0.05) is 66.8 Å². The standard InChI is InChI=1S/C29H24N8O3/c1-35-27-19(14-22-21(32-27)5-3-8-31-22)26(34-35)25-24(28(38)33-29(25)39)20-15-37(11-4-10-36-12-9-30-16-36)23-7-6-17(40-2)13-18(20)23/h3,5-9,12-16H,4,10-11H2,1-2H3,(H,33,38,39). The molecule has 1 aliphatic rings. The minimum absolute atomic E-state index is 0.216. The quantitative estimate of drug-likeness (QED) is 0.313. The maximum Gasteiger partial charge on any atom is 0.261 e. The number of fused-ring (bicyclic) bond motifs is 3. The maximum atomic E-state index is 13.4. The largest absolute Gasteiger partial charge is 0.497 e. The van der Waals surface area contributed by atoms with Gasteiger partial charge < -0.3 is 13.9 Å². The molecule has 198 valence electrons. The van der Waals surface area contributed by atoms with Crippen LogP contribution >= 0.6 is 0 Å². The Morgan fingerprint density at radius 2 is 1.85 bits per heavy atom. The van der Waals surface area contributed by atoms with Gasteiger partial charge in [-0.2, -0.15) is 5.10 Å². The van der Waals surface area contributed by atoms with Crippen molar-refractivity contribution in [2.24, 2.45) is 7.05 Å². The molecule has 2 amide bonds. The SMILES string of the molecule is COc1ccc2c(c1)c(C1=C(c3nn(C)c4nc5cccnc5cc34)C(=O)NC1=O)cn2CCCn1ccnc1. The fourth-order valence-electron chi connectivity index (χ4n) is 5.42. The van der Waals surface area contributed by atoms with E-state index < -0.39 is 11.8 Å². The minimum Gasteiger partial charge on any atom is -0.497 e. The van der Waals surface area contributed by atoms with Crippen LogP contribution in [0.1, 0.15) is 17.7 Å². The molecule has 0 saturated heterocycles.